The number of thiocarbonyl (C=S) groups is 2. The number of nitrogens with zero attached hydrogens (tertiary/aromatic N) is 6. The molecule has 0 amide bonds. The average Bonchev–Trinajstić information content (AvgIpc) is 2.95. The van der Waals surface area contributed by atoms with Gasteiger partial charge in [0.05, 0.1) is 11.4 Å². The number of hydrogen-bond donors (Lipinski definition) is 0. The second-order valence-electron chi connectivity index (χ2n) is 8.22. The van der Waals surface area contributed by atoms with Gasteiger partial charge in [0.15, 0.2) is 0 Å². The number of pyridine rings is 2. The van der Waals surface area contributed by atoms with Gasteiger partial charge in [0, 0.05) is 51.7 Å². The van der Waals surface area contributed by atoms with Crippen molar-refractivity contribution in [3.63, 3.8) is 0 Å². The van der Waals surface area contributed by atoms with E-state index in [1.54, 1.807) is 0 Å². The van der Waals surface area contributed by atoms with Crippen LogP contribution in [-0.2, 0) is 43.2 Å². The molecule has 4 aromatic rings. The number of hydrogen-bond acceptors (Lipinski definition) is 6. The van der Waals surface area contributed by atoms with Crippen LogP contribution in [0.4, 0.5) is 0 Å². The smallest absolute Gasteiger partial charge is 0.753 e. The van der Waals surface area contributed by atoms with Gasteiger partial charge in [-0.2, -0.15) is 10.3 Å². The standard InChI is InChI=1S/C28H30N4.2CNS.Fe/c1-3-11-25(12-4-1)21-31(23-27-15-7-9-17-29-27)19-20-32(22-26-13-5-2-6-14-26)24-28-16-8-10-18-30-28;2*2-1-3;/h1-18H,19-24H2;;;/q;2*-1;+4. The van der Waals surface area contributed by atoms with Gasteiger partial charge in [-0.25, -0.2) is 0 Å². The molecule has 0 aliphatic carbocycles. The Bertz CT molecular complexity index is 1040. The summed E-state index contributed by atoms with van der Waals surface area (Å²) in [6, 6.07) is 33.6. The molecule has 2 aromatic heterocycles. The quantitative estimate of drug-likeness (QED) is 0.112. The van der Waals surface area contributed by atoms with Crippen LogP contribution in [0.1, 0.15) is 22.5 Å². The summed E-state index contributed by atoms with van der Waals surface area (Å²) < 4.78 is 0. The van der Waals surface area contributed by atoms with Crippen molar-refractivity contribution in [3.8, 4) is 0 Å². The fraction of sp³-hybridized carbons (Fsp3) is 0.200. The van der Waals surface area contributed by atoms with E-state index in [-0.39, 0.29) is 17.1 Å². The summed E-state index contributed by atoms with van der Waals surface area (Å²) in [4.78, 5) is 14.1. The van der Waals surface area contributed by atoms with Crippen molar-refractivity contribution in [2.24, 2.45) is 0 Å². The Labute approximate surface area is 252 Å². The van der Waals surface area contributed by atoms with Gasteiger partial charge in [0.2, 0.25) is 0 Å². The first-order valence-electron chi connectivity index (χ1n) is 12.0. The Balaban J connectivity index is 0.000000997. The van der Waals surface area contributed by atoms with Gasteiger partial charge >= 0.3 is 17.1 Å². The number of rotatable bonds is 11. The molecule has 0 N–H and O–H groups in total. The van der Waals surface area contributed by atoms with Crippen LogP contribution in [0.2, 0.25) is 0 Å². The minimum atomic E-state index is 0. The zero-order valence-electron chi connectivity index (χ0n) is 21.5. The molecule has 0 aliphatic rings. The molecule has 6 nitrogen and oxygen atoms in total. The number of aromatic nitrogens is 2. The Hall–Kier alpha value is -3.22. The second kappa shape index (κ2) is 21.7. The van der Waals surface area contributed by atoms with Crippen LogP contribution in [0.25, 0.3) is 10.8 Å². The Kier molecular flexibility index (Phi) is 18.8. The molecule has 0 aliphatic heterocycles. The first-order chi connectivity index (χ1) is 18.7. The van der Waals surface area contributed by atoms with Crippen molar-refractivity contribution in [1.82, 2.24) is 19.8 Å². The Morgan fingerprint density at radius 1 is 0.538 bits per heavy atom. The first kappa shape index (κ1) is 33.8. The fourth-order valence-corrected chi connectivity index (χ4v) is 3.84. The largest absolute Gasteiger partial charge is 4.00 e. The maximum Gasteiger partial charge on any atom is 4.00 e. The molecule has 0 radical (unpaired) electrons. The Morgan fingerprint density at radius 3 is 1.18 bits per heavy atom. The molecule has 0 unspecified atom stereocenters. The van der Waals surface area contributed by atoms with E-state index in [4.69, 9.17) is 10.8 Å². The minimum Gasteiger partial charge on any atom is -0.753 e. The maximum absolute atomic E-state index is 7.13. The monoisotopic (exact) mass is 594 g/mol. The van der Waals surface area contributed by atoms with Crippen molar-refractivity contribution in [2.45, 2.75) is 26.2 Å². The predicted octanol–water partition coefficient (Wildman–Crippen LogP) is 6.50. The zero-order chi connectivity index (χ0) is 27.3. The van der Waals surface area contributed by atoms with Crippen LogP contribution in [0.5, 0.6) is 0 Å². The molecule has 198 valence electrons. The van der Waals surface area contributed by atoms with Crippen molar-refractivity contribution >= 4 is 34.8 Å². The summed E-state index contributed by atoms with van der Waals surface area (Å²) >= 11 is 7.40. The van der Waals surface area contributed by atoms with Crippen LogP contribution < -0.4 is 0 Å². The molecule has 4 rings (SSSR count). The second-order valence-corrected chi connectivity index (χ2v) is 8.58. The third kappa shape index (κ3) is 15.1. The van der Waals surface area contributed by atoms with E-state index in [1.165, 1.54) is 21.4 Å². The third-order valence-corrected chi connectivity index (χ3v) is 5.45. The van der Waals surface area contributed by atoms with Gasteiger partial charge in [-0.15, -0.1) is 0 Å². The van der Waals surface area contributed by atoms with Gasteiger partial charge in [0.25, 0.3) is 0 Å². The normalized spacial score (nSPS) is 9.59. The van der Waals surface area contributed by atoms with Crippen LogP contribution in [0, 0.1) is 0 Å². The maximum atomic E-state index is 7.13. The van der Waals surface area contributed by atoms with Crippen molar-refractivity contribution in [3.05, 3.63) is 143 Å². The van der Waals surface area contributed by atoms with Crippen molar-refractivity contribution < 1.29 is 17.1 Å². The summed E-state index contributed by atoms with van der Waals surface area (Å²) in [7, 11) is 0. The van der Waals surface area contributed by atoms with Gasteiger partial charge in [-0.1, -0.05) is 97.2 Å². The average molecular weight is 595 g/mol. The van der Waals surface area contributed by atoms with Crippen LogP contribution >= 0.6 is 24.4 Å². The Morgan fingerprint density at radius 2 is 0.872 bits per heavy atom. The van der Waals surface area contributed by atoms with E-state index in [9.17, 15) is 0 Å². The van der Waals surface area contributed by atoms with Crippen molar-refractivity contribution in [1.29, 1.82) is 0 Å². The summed E-state index contributed by atoms with van der Waals surface area (Å²) in [5, 5.41) is 16.9. The van der Waals surface area contributed by atoms with Crippen LogP contribution in [0.15, 0.2) is 109 Å². The summed E-state index contributed by atoms with van der Waals surface area (Å²) in [6.45, 7) is 5.37. The van der Waals surface area contributed by atoms with E-state index in [0.717, 1.165) is 50.7 Å². The van der Waals surface area contributed by atoms with Gasteiger partial charge < -0.3 is 10.8 Å². The summed E-state index contributed by atoms with van der Waals surface area (Å²) in [5.74, 6) is 0. The molecule has 9 heteroatoms. The number of isothiocyanates is 2. The fourth-order valence-electron chi connectivity index (χ4n) is 3.84. The van der Waals surface area contributed by atoms with E-state index < -0.39 is 0 Å². The van der Waals surface area contributed by atoms with Gasteiger partial charge in [-0.05, 0) is 35.4 Å². The number of benzene rings is 2. The van der Waals surface area contributed by atoms with Crippen LogP contribution in [-0.4, -0.2) is 43.2 Å². The molecule has 39 heavy (non-hydrogen) atoms. The summed E-state index contributed by atoms with van der Waals surface area (Å²) in [5.41, 5.74) is 4.84. The first-order valence-corrected chi connectivity index (χ1v) is 12.8. The molecule has 2 heterocycles. The molecule has 2 aromatic carbocycles. The van der Waals surface area contributed by atoms with Gasteiger partial charge in [-0.3, -0.25) is 19.8 Å². The molecule has 0 spiro atoms. The van der Waals surface area contributed by atoms with E-state index in [1.807, 2.05) is 24.5 Å². The summed E-state index contributed by atoms with van der Waals surface area (Å²) in [6.07, 6.45) is 3.75. The van der Waals surface area contributed by atoms with Gasteiger partial charge in [0.1, 0.15) is 0 Å². The topological polar surface area (TPSA) is 76.9 Å². The molecule has 0 fully saturated rings. The molecule has 0 atom stereocenters. The minimum absolute atomic E-state index is 0. The molecular formula is C30H30FeN6S2+2. The van der Waals surface area contributed by atoms with Crippen molar-refractivity contribution in [2.75, 3.05) is 13.1 Å². The molecular weight excluding hydrogens is 564 g/mol. The van der Waals surface area contributed by atoms with E-state index >= 15 is 0 Å². The SMILES string of the molecule is [Fe+4].[N-]=C=S.[N-]=C=S.c1ccc(CN(CCN(Cc2ccccc2)Cc2ccccn2)Cc2ccccn2)cc1. The van der Waals surface area contributed by atoms with E-state index in [0.29, 0.717) is 0 Å². The van der Waals surface area contributed by atoms with E-state index in [2.05, 4.69) is 129 Å². The predicted molar refractivity (Wildman–Crippen MR) is 161 cm³/mol. The molecule has 0 saturated heterocycles. The molecule has 0 bridgehead atoms. The third-order valence-electron chi connectivity index (χ3n) is 5.45. The molecule has 0 saturated carbocycles. The van der Waals surface area contributed by atoms with Crippen LogP contribution in [0.3, 0.4) is 0 Å². The zero-order valence-corrected chi connectivity index (χ0v) is 24.2.